The van der Waals surface area contributed by atoms with Crippen molar-refractivity contribution in [1.82, 2.24) is 9.80 Å². The normalized spacial score (nSPS) is 16.3. The van der Waals surface area contributed by atoms with Crippen LogP contribution in [0.1, 0.15) is 28.9 Å². The van der Waals surface area contributed by atoms with E-state index < -0.39 is 23.2 Å². The van der Waals surface area contributed by atoms with Crippen molar-refractivity contribution in [1.29, 1.82) is 0 Å². The molecule has 4 atom stereocenters. The van der Waals surface area contributed by atoms with Gasteiger partial charge < -0.3 is 19.6 Å². The lowest BCUT2D eigenvalue weighted by Crippen LogP contribution is -2.39. The molecule has 0 spiro atoms. The first kappa shape index (κ1) is 30.5. The molecule has 4 unspecified atom stereocenters. The highest BCUT2D eigenvalue weighted by Crippen LogP contribution is 2.34. The molecule has 0 amide bonds. The van der Waals surface area contributed by atoms with Crippen LogP contribution in [0.15, 0.2) is 79.1 Å². The number of hydrogen-bond donors (Lipinski definition) is 1. The third-order valence-electron chi connectivity index (χ3n) is 5.76. The van der Waals surface area contributed by atoms with E-state index >= 15 is 0 Å². The molecule has 3 aromatic rings. The van der Waals surface area contributed by atoms with Crippen LogP contribution in [-0.2, 0) is 11.3 Å². The summed E-state index contributed by atoms with van der Waals surface area (Å²) in [5.41, 5.74) is 0.972. The summed E-state index contributed by atoms with van der Waals surface area (Å²) in [6.45, 7) is 0.573. The average Bonchev–Trinajstić information content (AvgIpc) is 3.36. The van der Waals surface area contributed by atoms with Crippen LogP contribution < -0.4 is 0 Å². The standard InChI is InChI=1S/C26H22Cl6N2O2.ClH/c27-19-6-1-16(2-7-19)23(35)25(31)33-11-12-34(15-33)26(32)24(17-3-8-20(28)9-4-17)36-14-18-5-10-21(29)13-22(18)30;/h1-13,23-26,35H,14-15H2;1H. The minimum Gasteiger partial charge on any atom is -0.385 e. The van der Waals surface area contributed by atoms with Crippen molar-refractivity contribution in [3.8, 4) is 0 Å². The summed E-state index contributed by atoms with van der Waals surface area (Å²) in [4.78, 5) is 3.68. The first-order chi connectivity index (χ1) is 17.2. The van der Waals surface area contributed by atoms with E-state index in [-0.39, 0.29) is 19.0 Å². The number of aliphatic hydroxyl groups excluding tert-OH is 1. The van der Waals surface area contributed by atoms with Gasteiger partial charge in [0.1, 0.15) is 23.2 Å². The monoisotopic (exact) mass is 640 g/mol. The molecule has 0 bridgehead atoms. The molecule has 0 radical (unpaired) electrons. The Hall–Kier alpha value is -1.05. The third kappa shape index (κ3) is 7.76. The average molecular weight is 644 g/mol. The summed E-state index contributed by atoms with van der Waals surface area (Å²) < 4.78 is 6.28. The quantitative estimate of drug-likeness (QED) is 0.187. The predicted octanol–water partition coefficient (Wildman–Crippen LogP) is 8.89. The number of hydrogen-bond acceptors (Lipinski definition) is 4. The zero-order chi connectivity index (χ0) is 25.8. The number of benzene rings is 3. The summed E-state index contributed by atoms with van der Waals surface area (Å²) in [6.07, 6.45) is 2.15. The molecule has 4 rings (SSSR count). The van der Waals surface area contributed by atoms with Crippen LogP contribution in [0.25, 0.3) is 0 Å². The number of ether oxygens (including phenoxy) is 1. The van der Waals surface area contributed by atoms with Crippen molar-refractivity contribution < 1.29 is 9.84 Å². The van der Waals surface area contributed by atoms with E-state index in [1.54, 1.807) is 59.6 Å². The molecule has 198 valence electrons. The SMILES string of the molecule is Cl.OC(c1ccc(Cl)cc1)C(Cl)N1C=CN(C(Cl)C(OCc2ccc(Cl)cc2Cl)c2ccc(Cl)cc2)C1. The molecule has 0 aliphatic carbocycles. The minimum absolute atomic E-state index is 0. The predicted molar refractivity (Wildman–Crippen MR) is 156 cm³/mol. The van der Waals surface area contributed by atoms with E-state index in [2.05, 4.69) is 0 Å². The zero-order valence-electron chi connectivity index (χ0n) is 19.2. The van der Waals surface area contributed by atoms with E-state index in [0.29, 0.717) is 32.3 Å². The van der Waals surface area contributed by atoms with Gasteiger partial charge in [0, 0.05) is 32.5 Å². The van der Waals surface area contributed by atoms with E-state index in [1.165, 1.54) is 0 Å². The molecular formula is C26H23Cl7N2O2. The van der Waals surface area contributed by atoms with Crippen LogP contribution in [0.5, 0.6) is 0 Å². The van der Waals surface area contributed by atoms with Crippen molar-refractivity contribution in [2.45, 2.75) is 29.8 Å². The second-order valence-electron chi connectivity index (χ2n) is 8.23. The van der Waals surface area contributed by atoms with Gasteiger partial charge in [-0.1, -0.05) is 99.9 Å². The second kappa shape index (κ2) is 13.8. The number of aliphatic hydroxyl groups is 1. The van der Waals surface area contributed by atoms with Crippen molar-refractivity contribution in [2.75, 3.05) is 6.67 Å². The lowest BCUT2D eigenvalue weighted by atomic mass is 10.1. The fraction of sp³-hybridized carbons (Fsp3) is 0.231. The fourth-order valence-electron chi connectivity index (χ4n) is 3.75. The molecule has 37 heavy (non-hydrogen) atoms. The maximum absolute atomic E-state index is 10.8. The Morgan fingerprint density at radius 3 is 1.81 bits per heavy atom. The first-order valence-corrected chi connectivity index (χ1v) is 13.3. The van der Waals surface area contributed by atoms with E-state index in [4.69, 9.17) is 74.3 Å². The summed E-state index contributed by atoms with van der Waals surface area (Å²) in [7, 11) is 0. The maximum atomic E-state index is 10.8. The lowest BCUT2D eigenvalue weighted by Gasteiger charge is -2.33. The van der Waals surface area contributed by atoms with Gasteiger partial charge in [0.15, 0.2) is 0 Å². The van der Waals surface area contributed by atoms with Gasteiger partial charge in [-0.05, 0) is 53.1 Å². The van der Waals surface area contributed by atoms with Crippen LogP contribution >= 0.6 is 82.0 Å². The smallest absolute Gasteiger partial charge is 0.135 e. The summed E-state index contributed by atoms with van der Waals surface area (Å²) in [5, 5.41) is 13.0. The number of alkyl halides is 2. The van der Waals surface area contributed by atoms with E-state index in [0.717, 1.165) is 11.1 Å². The molecule has 0 fully saturated rings. The Morgan fingerprint density at radius 1 is 0.730 bits per heavy atom. The Balaban J connectivity index is 0.00000380. The molecule has 1 aliphatic heterocycles. The molecule has 1 heterocycles. The van der Waals surface area contributed by atoms with E-state index in [9.17, 15) is 5.11 Å². The topological polar surface area (TPSA) is 35.9 Å². The van der Waals surface area contributed by atoms with E-state index in [1.807, 2.05) is 29.3 Å². The van der Waals surface area contributed by atoms with Gasteiger partial charge in [0.25, 0.3) is 0 Å². The Bertz CT molecular complexity index is 1190. The molecule has 3 aromatic carbocycles. The van der Waals surface area contributed by atoms with Crippen LogP contribution in [0.4, 0.5) is 0 Å². The van der Waals surface area contributed by atoms with Crippen LogP contribution in [0.2, 0.25) is 20.1 Å². The van der Waals surface area contributed by atoms with Gasteiger partial charge >= 0.3 is 0 Å². The van der Waals surface area contributed by atoms with Gasteiger partial charge in [-0.3, -0.25) is 0 Å². The Morgan fingerprint density at radius 2 is 1.24 bits per heavy atom. The molecule has 0 saturated carbocycles. The molecule has 4 nitrogen and oxygen atoms in total. The molecule has 1 N–H and O–H groups in total. The zero-order valence-corrected chi connectivity index (χ0v) is 24.5. The lowest BCUT2D eigenvalue weighted by molar-refractivity contribution is 0.00384. The highest BCUT2D eigenvalue weighted by Gasteiger charge is 2.33. The van der Waals surface area contributed by atoms with Crippen LogP contribution in [-0.4, -0.2) is 32.6 Å². The van der Waals surface area contributed by atoms with Gasteiger partial charge in [0.2, 0.25) is 0 Å². The molecular weight excluding hydrogens is 620 g/mol. The van der Waals surface area contributed by atoms with Crippen molar-refractivity contribution in [2.24, 2.45) is 0 Å². The van der Waals surface area contributed by atoms with Crippen molar-refractivity contribution >= 4 is 82.0 Å². The van der Waals surface area contributed by atoms with Crippen molar-refractivity contribution in [3.05, 3.63) is 116 Å². The molecule has 0 saturated heterocycles. The summed E-state index contributed by atoms with van der Waals surface area (Å²) in [5.74, 6) is 0. The van der Waals surface area contributed by atoms with Crippen molar-refractivity contribution in [3.63, 3.8) is 0 Å². The Kier molecular flexibility index (Phi) is 11.4. The molecule has 0 aromatic heterocycles. The number of halogens is 7. The third-order valence-corrected chi connectivity index (χ3v) is 7.82. The number of nitrogens with zero attached hydrogens (tertiary/aromatic N) is 2. The second-order valence-corrected chi connectivity index (χ2v) is 10.8. The van der Waals surface area contributed by atoms with Gasteiger partial charge in [0.05, 0.1) is 13.3 Å². The van der Waals surface area contributed by atoms with Gasteiger partial charge in [-0.2, -0.15) is 0 Å². The van der Waals surface area contributed by atoms with Gasteiger partial charge in [-0.15, -0.1) is 12.4 Å². The largest absolute Gasteiger partial charge is 0.385 e. The first-order valence-electron chi connectivity index (χ1n) is 11.0. The molecule has 11 heteroatoms. The molecule has 1 aliphatic rings. The van der Waals surface area contributed by atoms with Crippen LogP contribution in [0, 0.1) is 0 Å². The Labute approximate surface area is 252 Å². The highest BCUT2D eigenvalue weighted by atomic mass is 35.5. The van der Waals surface area contributed by atoms with Gasteiger partial charge in [-0.25, -0.2) is 0 Å². The summed E-state index contributed by atoms with van der Waals surface area (Å²) >= 11 is 38.0. The van der Waals surface area contributed by atoms with Crippen LogP contribution in [0.3, 0.4) is 0 Å². The fourth-order valence-corrected chi connectivity index (χ4v) is 5.09. The number of rotatable bonds is 9. The summed E-state index contributed by atoms with van der Waals surface area (Å²) in [6, 6.07) is 19.5. The highest BCUT2D eigenvalue weighted by molar-refractivity contribution is 6.35. The minimum atomic E-state index is -0.933. The maximum Gasteiger partial charge on any atom is 0.135 e.